The van der Waals surface area contributed by atoms with E-state index >= 15 is 0 Å². The molecule has 3 rings (SSSR count). The SMILES string of the molecule is CCOc1ccc(NC(=O)CSc2[nH]c3ccccc3c(=O)c2C(=O)OC)cc1. The van der Waals surface area contributed by atoms with Gasteiger partial charge >= 0.3 is 5.97 Å². The molecule has 0 saturated heterocycles. The van der Waals surface area contributed by atoms with Gasteiger partial charge in [-0.2, -0.15) is 0 Å². The number of methoxy groups -OCH3 is 1. The minimum atomic E-state index is -0.744. The summed E-state index contributed by atoms with van der Waals surface area (Å²) in [5.41, 5.74) is 0.671. The molecule has 0 unspecified atom stereocenters. The summed E-state index contributed by atoms with van der Waals surface area (Å²) in [5.74, 6) is -0.294. The lowest BCUT2D eigenvalue weighted by Gasteiger charge is -2.10. The number of para-hydroxylation sites is 1. The van der Waals surface area contributed by atoms with Crippen molar-refractivity contribution in [1.29, 1.82) is 0 Å². The maximum Gasteiger partial charge on any atom is 0.344 e. The van der Waals surface area contributed by atoms with Crippen LogP contribution in [-0.4, -0.2) is 36.3 Å². The van der Waals surface area contributed by atoms with Gasteiger partial charge in [-0.25, -0.2) is 4.79 Å². The molecule has 3 aromatic rings. The Morgan fingerprint density at radius 3 is 2.52 bits per heavy atom. The largest absolute Gasteiger partial charge is 0.494 e. The standard InChI is InChI=1S/C21H20N2O5S/c1-3-28-14-10-8-13(9-11-14)22-17(24)12-29-20-18(21(26)27-2)19(25)15-6-4-5-7-16(15)23-20/h4-11H,3,12H2,1-2H3,(H,22,24)(H,23,25). The number of aromatic amines is 1. The van der Waals surface area contributed by atoms with Crippen molar-refractivity contribution in [2.24, 2.45) is 0 Å². The molecule has 0 aliphatic carbocycles. The van der Waals surface area contributed by atoms with E-state index in [9.17, 15) is 14.4 Å². The molecular formula is C21H20N2O5S. The Kier molecular flexibility index (Phi) is 6.56. The Morgan fingerprint density at radius 1 is 1.10 bits per heavy atom. The normalized spacial score (nSPS) is 10.6. The van der Waals surface area contributed by atoms with Gasteiger partial charge in [-0.1, -0.05) is 23.9 Å². The summed E-state index contributed by atoms with van der Waals surface area (Å²) in [5, 5.41) is 3.45. The first kappa shape index (κ1) is 20.5. The number of hydrogen-bond donors (Lipinski definition) is 2. The van der Waals surface area contributed by atoms with E-state index < -0.39 is 11.4 Å². The van der Waals surface area contributed by atoms with Crippen LogP contribution in [0.3, 0.4) is 0 Å². The number of nitrogens with one attached hydrogen (secondary N) is 2. The Balaban J connectivity index is 1.77. The van der Waals surface area contributed by atoms with E-state index in [0.717, 1.165) is 17.5 Å². The topological polar surface area (TPSA) is 97.5 Å². The van der Waals surface area contributed by atoms with Crippen molar-refractivity contribution in [2.45, 2.75) is 11.9 Å². The first-order valence-corrected chi connectivity index (χ1v) is 9.91. The van der Waals surface area contributed by atoms with Gasteiger partial charge in [-0.3, -0.25) is 9.59 Å². The molecular weight excluding hydrogens is 392 g/mol. The van der Waals surface area contributed by atoms with Gasteiger partial charge in [0.1, 0.15) is 11.3 Å². The van der Waals surface area contributed by atoms with Crippen molar-refractivity contribution in [1.82, 2.24) is 4.98 Å². The number of hydrogen-bond acceptors (Lipinski definition) is 6. The zero-order chi connectivity index (χ0) is 20.8. The average molecular weight is 412 g/mol. The summed E-state index contributed by atoms with van der Waals surface area (Å²) >= 11 is 1.07. The maximum absolute atomic E-state index is 12.7. The van der Waals surface area contributed by atoms with Gasteiger partial charge < -0.3 is 19.8 Å². The number of ether oxygens (including phenoxy) is 2. The number of carbonyl (C=O) groups is 2. The molecule has 0 fully saturated rings. The third-order valence-corrected chi connectivity index (χ3v) is 5.06. The highest BCUT2D eigenvalue weighted by Crippen LogP contribution is 2.23. The highest BCUT2D eigenvalue weighted by molar-refractivity contribution is 8.00. The van der Waals surface area contributed by atoms with Crippen LogP contribution >= 0.6 is 11.8 Å². The van der Waals surface area contributed by atoms with Gasteiger partial charge in [-0.15, -0.1) is 0 Å². The molecule has 0 radical (unpaired) electrons. The minimum absolute atomic E-state index is 0.00544. The van der Waals surface area contributed by atoms with Crippen molar-refractivity contribution < 1.29 is 19.1 Å². The van der Waals surface area contributed by atoms with E-state index in [1.54, 1.807) is 48.5 Å². The number of carbonyl (C=O) groups excluding carboxylic acids is 2. The molecule has 7 nitrogen and oxygen atoms in total. The van der Waals surface area contributed by atoms with Crippen molar-refractivity contribution in [3.8, 4) is 5.75 Å². The minimum Gasteiger partial charge on any atom is -0.494 e. The van der Waals surface area contributed by atoms with Crippen LogP contribution in [0.2, 0.25) is 0 Å². The van der Waals surface area contributed by atoms with Crippen LogP contribution in [0.4, 0.5) is 5.69 Å². The predicted octanol–water partition coefficient (Wildman–Crippen LogP) is 3.44. The number of amides is 1. The van der Waals surface area contributed by atoms with E-state index in [1.807, 2.05) is 6.92 Å². The van der Waals surface area contributed by atoms with E-state index in [0.29, 0.717) is 28.2 Å². The predicted molar refractivity (Wildman–Crippen MR) is 113 cm³/mol. The van der Waals surface area contributed by atoms with Crippen molar-refractivity contribution in [2.75, 3.05) is 24.8 Å². The molecule has 1 amide bonds. The molecule has 0 spiro atoms. The van der Waals surface area contributed by atoms with Crippen LogP contribution < -0.4 is 15.5 Å². The van der Waals surface area contributed by atoms with E-state index in [2.05, 4.69) is 10.3 Å². The fourth-order valence-corrected chi connectivity index (χ4v) is 3.59. The highest BCUT2D eigenvalue weighted by atomic mass is 32.2. The van der Waals surface area contributed by atoms with Gasteiger partial charge in [0.05, 0.1) is 30.0 Å². The number of benzene rings is 2. The lowest BCUT2D eigenvalue weighted by molar-refractivity contribution is -0.113. The Bertz CT molecular complexity index is 1090. The number of rotatable bonds is 7. The number of pyridine rings is 1. The molecule has 0 aliphatic rings. The molecule has 150 valence electrons. The fraction of sp³-hybridized carbons (Fsp3) is 0.190. The van der Waals surface area contributed by atoms with Gasteiger partial charge in [0, 0.05) is 11.1 Å². The van der Waals surface area contributed by atoms with Crippen LogP contribution in [0, 0.1) is 0 Å². The zero-order valence-electron chi connectivity index (χ0n) is 16.0. The van der Waals surface area contributed by atoms with Gasteiger partial charge in [0.2, 0.25) is 11.3 Å². The molecule has 0 bridgehead atoms. The highest BCUT2D eigenvalue weighted by Gasteiger charge is 2.20. The first-order valence-electron chi connectivity index (χ1n) is 8.92. The second kappa shape index (κ2) is 9.29. The third kappa shape index (κ3) is 4.78. The molecule has 2 aromatic carbocycles. The molecule has 1 heterocycles. The van der Waals surface area contributed by atoms with Crippen LogP contribution in [0.25, 0.3) is 10.9 Å². The van der Waals surface area contributed by atoms with Crippen molar-refractivity contribution in [3.63, 3.8) is 0 Å². The third-order valence-electron chi connectivity index (χ3n) is 4.06. The Morgan fingerprint density at radius 2 is 1.83 bits per heavy atom. The Hall–Kier alpha value is -3.26. The number of esters is 1. The van der Waals surface area contributed by atoms with Crippen molar-refractivity contribution in [3.05, 3.63) is 64.3 Å². The molecule has 0 atom stereocenters. The summed E-state index contributed by atoms with van der Waals surface area (Å²) in [6.07, 6.45) is 0. The molecule has 2 N–H and O–H groups in total. The Labute approximate surface area is 171 Å². The molecule has 0 aliphatic heterocycles. The lowest BCUT2D eigenvalue weighted by atomic mass is 10.1. The summed E-state index contributed by atoms with van der Waals surface area (Å²) in [6.45, 7) is 2.46. The van der Waals surface area contributed by atoms with Crippen LogP contribution in [0.15, 0.2) is 58.4 Å². The summed E-state index contributed by atoms with van der Waals surface area (Å²) < 4.78 is 10.1. The maximum atomic E-state index is 12.7. The zero-order valence-corrected chi connectivity index (χ0v) is 16.8. The van der Waals surface area contributed by atoms with Gasteiger partial charge in [0.15, 0.2) is 0 Å². The van der Waals surface area contributed by atoms with Crippen LogP contribution in [0.5, 0.6) is 5.75 Å². The number of thioether (sulfide) groups is 1. The van der Waals surface area contributed by atoms with Gasteiger partial charge in [0.25, 0.3) is 0 Å². The van der Waals surface area contributed by atoms with Gasteiger partial charge in [-0.05, 0) is 43.3 Å². The fourth-order valence-electron chi connectivity index (χ4n) is 2.74. The summed E-state index contributed by atoms with van der Waals surface area (Å²) in [4.78, 5) is 40.3. The second-order valence-corrected chi connectivity index (χ2v) is 6.98. The second-order valence-electron chi connectivity index (χ2n) is 5.99. The van der Waals surface area contributed by atoms with E-state index in [-0.39, 0.29) is 17.2 Å². The van der Waals surface area contributed by atoms with Crippen molar-refractivity contribution >= 4 is 40.2 Å². The number of H-pyrrole nitrogens is 1. The molecule has 29 heavy (non-hydrogen) atoms. The average Bonchev–Trinajstić information content (AvgIpc) is 2.73. The van der Waals surface area contributed by atoms with Crippen LogP contribution in [-0.2, 0) is 9.53 Å². The van der Waals surface area contributed by atoms with E-state index in [4.69, 9.17) is 9.47 Å². The summed E-state index contributed by atoms with van der Waals surface area (Å²) in [7, 11) is 1.21. The summed E-state index contributed by atoms with van der Waals surface area (Å²) in [6, 6.07) is 13.9. The lowest BCUT2D eigenvalue weighted by Crippen LogP contribution is -2.20. The van der Waals surface area contributed by atoms with E-state index in [1.165, 1.54) is 7.11 Å². The smallest absolute Gasteiger partial charge is 0.344 e. The number of anilines is 1. The first-order chi connectivity index (χ1) is 14.0. The molecule has 0 saturated carbocycles. The van der Waals surface area contributed by atoms with Crippen LogP contribution in [0.1, 0.15) is 17.3 Å². The monoisotopic (exact) mass is 412 g/mol. The number of fused-ring (bicyclic) bond motifs is 1. The number of aromatic nitrogens is 1. The quantitative estimate of drug-likeness (QED) is 0.456. The molecule has 1 aromatic heterocycles. The molecule has 8 heteroatoms.